The Labute approximate surface area is 447 Å². The summed E-state index contributed by atoms with van der Waals surface area (Å²) >= 11 is 0. The zero-order chi connectivity index (χ0) is 53.0. The minimum atomic E-state index is -2.11. The number of morpholine rings is 2. The van der Waals surface area contributed by atoms with Gasteiger partial charge in [-0.25, -0.2) is 9.69 Å². The van der Waals surface area contributed by atoms with Crippen LogP contribution in [0.4, 0.5) is 21.9 Å². The third-order valence-electron chi connectivity index (χ3n) is 15.1. The van der Waals surface area contributed by atoms with E-state index in [0.717, 1.165) is 21.7 Å². The van der Waals surface area contributed by atoms with Gasteiger partial charge >= 0.3 is 12.0 Å². The maximum atomic E-state index is 17.0. The lowest BCUT2D eigenvalue weighted by Gasteiger charge is -2.46. The summed E-state index contributed by atoms with van der Waals surface area (Å²) in [4.78, 5) is 69.7. The second-order valence-electron chi connectivity index (χ2n) is 19.4. The average Bonchev–Trinajstić information content (AvgIpc) is 3.29. The molecule has 388 valence electrons. The van der Waals surface area contributed by atoms with E-state index in [4.69, 9.17) is 18.9 Å². The van der Waals surface area contributed by atoms with Crippen LogP contribution < -0.4 is 29.9 Å². The van der Waals surface area contributed by atoms with E-state index in [1.165, 1.54) is 0 Å². The van der Waals surface area contributed by atoms with Crippen LogP contribution in [-0.4, -0.2) is 86.5 Å². The van der Waals surface area contributed by atoms with E-state index < -0.39 is 65.4 Å². The van der Waals surface area contributed by atoms with Crippen LogP contribution in [-0.2, 0) is 29.3 Å². The number of para-hydroxylation sites is 1. The first-order valence-electron chi connectivity index (χ1n) is 25.8. The summed E-state index contributed by atoms with van der Waals surface area (Å²) < 4.78 is 24.1. The van der Waals surface area contributed by atoms with E-state index in [0.29, 0.717) is 71.3 Å². The molecule has 4 aliphatic heterocycles. The molecule has 3 fully saturated rings. The SMILES string of the molecule is COc1ccc(C#Cc2ccc3c(c2)C2(C(=O)N3C(=O)NC(C)c3ccccc3)C(C(=O)Nc3ccc(N4CCOCC4)cc3)C3C(=O)OC(c4ccccc4)C(c4ccccc4)N3C2c2ccccc2OCCO)cc1. The smallest absolute Gasteiger partial charge is 0.329 e. The molecule has 0 radical (unpaired) electrons. The van der Waals surface area contributed by atoms with Gasteiger partial charge in [0.25, 0.3) is 0 Å². The van der Waals surface area contributed by atoms with E-state index in [1.807, 2.05) is 151 Å². The molecule has 3 N–H and O–H groups in total. The Hall–Kier alpha value is -8.74. The Bertz CT molecular complexity index is 3350. The molecule has 4 heterocycles. The standard InChI is InChI=1S/C63H57N5O9/c1-41(44-14-6-3-7-15-44)64-62(73)67-52-33-26-43(23-22-42-24-31-49(74-2)32-25-42)40-51(52)63(61(67)72)54(59(70)65-47-27-29-48(30-28-47)66-34-37-75-38-35-66)56-60(71)77-57(46-18-10-5-11-19-46)55(45-16-8-4-9-17-45)68(56)58(63)50-20-12-13-21-53(50)76-39-36-69/h3-21,24-33,40-41,54-58,69H,34-39H2,1-2H3,(H,64,73)(H,65,70). The molecule has 4 amide bonds. The molecule has 0 aliphatic carbocycles. The molecule has 0 aromatic heterocycles. The van der Waals surface area contributed by atoms with Crippen molar-refractivity contribution in [3.05, 3.63) is 221 Å². The van der Waals surface area contributed by atoms with Crippen molar-refractivity contribution in [1.82, 2.24) is 10.2 Å². The number of esters is 1. The number of amides is 4. The lowest BCUT2D eigenvalue weighted by Crippen LogP contribution is -2.55. The van der Waals surface area contributed by atoms with Crippen LogP contribution in [0.5, 0.6) is 11.5 Å². The zero-order valence-corrected chi connectivity index (χ0v) is 42.6. The number of aliphatic hydroxyl groups is 1. The minimum Gasteiger partial charge on any atom is -0.497 e. The summed E-state index contributed by atoms with van der Waals surface area (Å²) in [5.41, 5.74) is 3.58. The van der Waals surface area contributed by atoms with Crippen molar-refractivity contribution in [3.63, 3.8) is 0 Å². The lowest BCUT2D eigenvalue weighted by molar-refractivity contribution is -0.177. The molecular weight excluding hydrogens is 971 g/mol. The van der Waals surface area contributed by atoms with Gasteiger partial charge in [-0.2, -0.15) is 0 Å². The summed E-state index contributed by atoms with van der Waals surface area (Å²) in [6.07, 6.45) is -0.953. The number of ether oxygens (including phenoxy) is 4. The highest BCUT2D eigenvalue weighted by atomic mass is 16.6. The molecule has 7 aromatic rings. The molecule has 7 aromatic carbocycles. The summed E-state index contributed by atoms with van der Waals surface area (Å²) in [5.74, 6) is 3.78. The van der Waals surface area contributed by atoms with Crippen molar-refractivity contribution in [3.8, 4) is 23.3 Å². The fourth-order valence-corrected chi connectivity index (χ4v) is 11.6. The third kappa shape index (κ3) is 9.43. The van der Waals surface area contributed by atoms with Gasteiger partial charge in [0.05, 0.1) is 56.7 Å². The van der Waals surface area contributed by atoms with E-state index in [9.17, 15) is 5.11 Å². The second kappa shape index (κ2) is 21.8. The number of anilines is 3. The van der Waals surface area contributed by atoms with Crippen molar-refractivity contribution in [2.45, 2.75) is 42.6 Å². The summed E-state index contributed by atoms with van der Waals surface area (Å²) in [6.45, 7) is 3.98. The van der Waals surface area contributed by atoms with Gasteiger partial charge in [0, 0.05) is 41.2 Å². The van der Waals surface area contributed by atoms with Gasteiger partial charge in [-0.3, -0.25) is 19.3 Å². The van der Waals surface area contributed by atoms with E-state index >= 15 is 19.2 Å². The predicted molar refractivity (Wildman–Crippen MR) is 291 cm³/mol. The highest BCUT2D eigenvalue weighted by Crippen LogP contribution is 2.67. The zero-order valence-electron chi connectivity index (χ0n) is 42.6. The minimum absolute atomic E-state index is 0.108. The molecule has 77 heavy (non-hydrogen) atoms. The van der Waals surface area contributed by atoms with Gasteiger partial charge in [-0.05, 0) is 102 Å². The number of hydrogen-bond donors (Lipinski definition) is 3. The maximum absolute atomic E-state index is 17.0. The van der Waals surface area contributed by atoms with Crippen LogP contribution in [0.25, 0.3) is 0 Å². The Balaban J connectivity index is 1.18. The van der Waals surface area contributed by atoms with Gasteiger partial charge in [0.15, 0.2) is 0 Å². The van der Waals surface area contributed by atoms with Crippen LogP contribution in [0.15, 0.2) is 182 Å². The first-order valence-corrected chi connectivity index (χ1v) is 25.8. The number of benzene rings is 7. The number of hydrogen-bond acceptors (Lipinski definition) is 11. The largest absolute Gasteiger partial charge is 0.497 e. The number of cyclic esters (lactones) is 1. The highest BCUT2D eigenvalue weighted by molar-refractivity contribution is 6.25. The summed E-state index contributed by atoms with van der Waals surface area (Å²) in [5, 5.41) is 16.5. The van der Waals surface area contributed by atoms with Crippen molar-refractivity contribution < 1.29 is 43.2 Å². The Kier molecular flexibility index (Phi) is 14.3. The third-order valence-corrected chi connectivity index (χ3v) is 15.1. The molecule has 0 saturated carbocycles. The molecule has 4 aliphatic rings. The number of carbonyl (C=O) groups excluding carboxylic acids is 4. The van der Waals surface area contributed by atoms with E-state index in [-0.39, 0.29) is 18.9 Å². The van der Waals surface area contributed by atoms with Gasteiger partial charge in [-0.15, -0.1) is 0 Å². The molecule has 1 spiro atoms. The number of nitrogens with zero attached hydrogens (tertiary/aromatic N) is 3. The predicted octanol–water partition coefficient (Wildman–Crippen LogP) is 9.08. The number of rotatable bonds is 12. The number of carbonyl (C=O) groups is 4. The molecular formula is C63H57N5O9. The molecule has 0 bridgehead atoms. The first-order chi connectivity index (χ1) is 37.7. The Morgan fingerprint density at radius 2 is 1.39 bits per heavy atom. The van der Waals surface area contributed by atoms with Crippen LogP contribution in [0, 0.1) is 17.8 Å². The van der Waals surface area contributed by atoms with Gasteiger partial charge < -0.3 is 39.6 Å². The van der Waals surface area contributed by atoms with Crippen LogP contribution in [0.3, 0.4) is 0 Å². The van der Waals surface area contributed by atoms with Crippen LogP contribution in [0.1, 0.15) is 70.1 Å². The summed E-state index contributed by atoms with van der Waals surface area (Å²) in [6, 6.07) is 50.7. The monoisotopic (exact) mass is 1030 g/mol. The Morgan fingerprint density at radius 1 is 0.753 bits per heavy atom. The van der Waals surface area contributed by atoms with E-state index in [2.05, 4.69) is 27.4 Å². The lowest BCUT2D eigenvalue weighted by atomic mass is 9.65. The molecule has 7 atom stereocenters. The van der Waals surface area contributed by atoms with Crippen molar-refractivity contribution >= 4 is 40.9 Å². The number of fused-ring (bicyclic) bond motifs is 3. The van der Waals surface area contributed by atoms with Gasteiger partial charge in [-0.1, -0.05) is 121 Å². The van der Waals surface area contributed by atoms with Crippen molar-refractivity contribution in [2.75, 3.05) is 61.7 Å². The number of imide groups is 1. The normalized spacial score (nSPS) is 22.0. The molecule has 3 saturated heterocycles. The average molecular weight is 1030 g/mol. The Morgan fingerprint density at radius 3 is 2.08 bits per heavy atom. The number of methoxy groups -OCH3 is 1. The van der Waals surface area contributed by atoms with E-state index in [1.54, 1.807) is 49.6 Å². The quantitative estimate of drug-likeness (QED) is 0.0792. The van der Waals surface area contributed by atoms with Gasteiger partial charge in [0.1, 0.15) is 35.7 Å². The number of aliphatic hydroxyl groups excluding tert-OH is 1. The fourth-order valence-electron chi connectivity index (χ4n) is 11.6. The van der Waals surface area contributed by atoms with Crippen molar-refractivity contribution in [1.29, 1.82) is 0 Å². The van der Waals surface area contributed by atoms with Crippen LogP contribution >= 0.6 is 0 Å². The maximum Gasteiger partial charge on any atom is 0.329 e. The number of nitrogens with one attached hydrogen (secondary N) is 2. The number of urea groups is 1. The first kappa shape index (κ1) is 50.4. The topological polar surface area (TPSA) is 159 Å². The highest BCUT2D eigenvalue weighted by Gasteiger charge is 2.76. The molecule has 7 unspecified atom stereocenters. The molecule has 14 nitrogen and oxygen atoms in total. The van der Waals surface area contributed by atoms with Crippen LogP contribution in [0.2, 0.25) is 0 Å². The molecule has 14 heteroatoms. The van der Waals surface area contributed by atoms with Gasteiger partial charge in [0.2, 0.25) is 11.8 Å². The fraction of sp³-hybridized carbons (Fsp3) is 0.238. The summed E-state index contributed by atoms with van der Waals surface area (Å²) in [7, 11) is 1.59. The molecule has 11 rings (SSSR count). The second-order valence-corrected chi connectivity index (χ2v) is 19.4. The van der Waals surface area contributed by atoms with Crippen molar-refractivity contribution in [2.24, 2.45) is 5.92 Å².